The highest BCUT2D eigenvalue weighted by Crippen LogP contribution is 2.24. The molecule has 0 aliphatic heterocycles. The minimum absolute atomic E-state index is 0.00816. The van der Waals surface area contributed by atoms with Crippen LogP contribution in [0, 0.1) is 6.92 Å². The second kappa shape index (κ2) is 10.4. The number of nitrogen functional groups attached to an aromatic ring is 1. The van der Waals surface area contributed by atoms with Crippen LogP contribution in [0.5, 0.6) is 0 Å². The van der Waals surface area contributed by atoms with Crippen LogP contribution in [0.25, 0.3) is 5.69 Å². The first kappa shape index (κ1) is 23.4. The van der Waals surface area contributed by atoms with Crippen LogP contribution in [0.3, 0.4) is 0 Å². The van der Waals surface area contributed by atoms with E-state index in [1.54, 1.807) is 13.1 Å². The summed E-state index contributed by atoms with van der Waals surface area (Å²) in [5.41, 5.74) is 7.02. The summed E-state index contributed by atoms with van der Waals surface area (Å²) in [7, 11) is 0. The number of unbranched alkanes of at least 4 members (excludes halogenated alkanes) is 1. The van der Waals surface area contributed by atoms with Gasteiger partial charge in [-0.15, -0.1) is 0 Å². The van der Waals surface area contributed by atoms with Crippen molar-refractivity contribution in [1.29, 1.82) is 0 Å². The van der Waals surface area contributed by atoms with Crippen molar-refractivity contribution in [2.24, 2.45) is 0 Å². The number of amides is 1. The highest BCUT2D eigenvalue weighted by molar-refractivity contribution is 7.99. The number of aromatic amines is 1. The number of aromatic nitrogens is 4. The number of hydrogen-bond acceptors (Lipinski definition) is 6. The maximum atomic E-state index is 13.1. The second-order valence-corrected chi connectivity index (χ2v) is 8.23. The lowest BCUT2D eigenvalue weighted by molar-refractivity contribution is -0.116. The lowest BCUT2D eigenvalue weighted by Gasteiger charge is -2.23. The number of H-pyrrole nitrogens is 1. The molecule has 0 aliphatic carbocycles. The van der Waals surface area contributed by atoms with Crippen LogP contribution in [-0.4, -0.2) is 37.3 Å². The van der Waals surface area contributed by atoms with Gasteiger partial charge in [0.1, 0.15) is 5.82 Å². The number of nitrogens with zero attached hydrogens (tertiary/aromatic N) is 4. The molecule has 1 aromatic carbocycles. The third-order valence-corrected chi connectivity index (χ3v) is 6.09. The predicted octanol–water partition coefficient (Wildman–Crippen LogP) is 2.56. The summed E-state index contributed by atoms with van der Waals surface area (Å²) in [4.78, 5) is 45.8. The number of imidazole rings is 1. The molecular formula is C22H28N6O3S. The van der Waals surface area contributed by atoms with Gasteiger partial charge in [0.2, 0.25) is 5.91 Å². The molecule has 1 amide bonds. The first-order chi connectivity index (χ1) is 15.4. The molecular weight excluding hydrogens is 428 g/mol. The topological polar surface area (TPSA) is 119 Å². The first-order valence-electron chi connectivity index (χ1n) is 10.5. The number of nitrogens with one attached hydrogen (secondary N) is 1. The van der Waals surface area contributed by atoms with E-state index in [0.29, 0.717) is 11.7 Å². The fourth-order valence-corrected chi connectivity index (χ4v) is 4.30. The Morgan fingerprint density at radius 3 is 2.69 bits per heavy atom. The van der Waals surface area contributed by atoms with Crippen molar-refractivity contribution in [1.82, 2.24) is 19.1 Å². The smallest absolute Gasteiger partial charge is 0.330 e. The Bertz CT molecular complexity index is 1210. The largest absolute Gasteiger partial charge is 0.383 e. The maximum absolute atomic E-state index is 13.1. The summed E-state index contributed by atoms with van der Waals surface area (Å²) < 4.78 is 3.24. The Labute approximate surface area is 190 Å². The van der Waals surface area contributed by atoms with Crippen LogP contribution in [0.4, 0.5) is 11.5 Å². The minimum Gasteiger partial charge on any atom is -0.383 e. The third kappa shape index (κ3) is 4.80. The summed E-state index contributed by atoms with van der Waals surface area (Å²) in [5.74, 6) is -0.229. The number of anilines is 2. The number of carbonyl (C=O) groups excluding carboxylic acids is 1. The van der Waals surface area contributed by atoms with E-state index in [1.165, 1.54) is 21.2 Å². The number of nitrogens with two attached hydrogens (primary N) is 1. The van der Waals surface area contributed by atoms with Crippen LogP contribution >= 0.6 is 11.8 Å². The molecule has 3 N–H and O–H groups in total. The van der Waals surface area contributed by atoms with Gasteiger partial charge in [0.15, 0.2) is 10.8 Å². The van der Waals surface area contributed by atoms with Gasteiger partial charge in [0, 0.05) is 25.5 Å². The summed E-state index contributed by atoms with van der Waals surface area (Å²) in [6, 6.07) is 7.91. The van der Waals surface area contributed by atoms with E-state index in [9.17, 15) is 14.4 Å². The van der Waals surface area contributed by atoms with Crippen LogP contribution in [0.15, 0.2) is 51.4 Å². The Hall–Kier alpha value is -3.27. The zero-order valence-corrected chi connectivity index (χ0v) is 19.3. The average molecular weight is 457 g/mol. The van der Waals surface area contributed by atoms with E-state index in [2.05, 4.69) is 9.97 Å². The van der Waals surface area contributed by atoms with Crippen LogP contribution < -0.4 is 21.9 Å². The van der Waals surface area contributed by atoms with Gasteiger partial charge < -0.3 is 10.6 Å². The normalized spacial score (nSPS) is 11.0. The molecule has 0 unspecified atom stereocenters. The SMILES string of the molecule is CCCCn1c(N)c(N(CC)C(=O)CSc2nccn2-c2ccccc2C)c(=O)[nH]c1=O. The van der Waals surface area contributed by atoms with E-state index in [1.807, 2.05) is 48.9 Å². The molecule has 0 radical (unpaired) electrons. The Morgan fingerprint density at radius 2 is 2.00 bits per heavy atom. The lowest BCUT2D eigenvalue weighted by Crippen LogP contribution is -2.41. The summed E-state index contributed by atoms with van der Waals surface area (Å²) in [6.07, 6.45) is 5.12. The highest BCUT2D eigenvalue weighted by Gasteiger charge is 2.23. The van der Waals surface area contributed by atoms with Gasteiger partial charge in [-0.3, -0.25) is 23.7 Å². The van der Waals surface area contributed by atoms with E-state index < -0.39 is 11.2 Å². The third-order valence-electron chi connectivity index (χ3n) is 5.14. The molecule has 0 spiro atoms. The molecule has 0 saturated heterocycles. The van der Waals surface area contributed by atoms with E-state index in [4.69, 9.17) is 5.73 Å². The Kier molecular flexibility index (Phi) is 7.57. The van der Waals surface area contributed by atoms with Gasteiger partial charge in [-0.05, 0) is 31.9 Å². The maximum Gasteiger partial charge on any atom is 0.330 e. The second-order valence-electron chi connectivity index (χ2n) is 7.29. The molecule has 3 aromatic rings. The molecule has 32 heavy (non-hydrogen) atoms. The van der Waals surface area contributed by atoms with Crippen molar-refractivity contribution in [3.8, 4) is 5.69 Å². The summed E-state index contributed by atoms with van der Waals surface area (Å²) >= 11 is 1.28. The molecule has 3 rings (SSSR count). The van der Waals surface area contributed by atoms with E-state index in [-0.39, 0.29) is 29.7 Å². The standard InChI is InChI=1S/C22H28N6O3S/c1-4-6-12-28-19(23)18(20(30)25-21(28)31)26(5-2)17(29)14-32-22-24-11-13-27(22)16-10-8-7-9-15(16)3/h7-11,13H,4-6,12,14,23H2,1-3H3,(H,25,30,31). The number of aryl methyl sites for hydroxylation is 1. The predicted molar refractivity (Wildman–Crippen MR) is 128 cm³/mol. The van der Waals surface area contributed by atoms with E-state index in [0.717, 1.165) is 24.1 Å². The number of benzene rings is 1. The molecule has 0 fully saturated rings. The summed E-state index contributed by atoms with van der Waals surface area (Å²) in [5, 5.41) is 0.665. The Morgan fingerprint density at radius 1 is 1.25 bits per heavy atom. The van der Waals surface area contributed by atoms with E-state index >= 15 is 0 Å². The van der Waals surface area contributed by atoms with Crippen LogP contribution in [-0.2, 0) is 11.3 Å². The monoisotopic (exact) mass is 456 g/mol. The zero-order valence-electron chi connectivity index (χ0n) is 18.5. The number of hydrogen-bond donors (Lipinski definition) is 2. The van der Waals surface area contributed by atoms with Gasteiger partial charge in [0.05, 0.1) is 11.4 Å². The molecule has 10 heteroatoms. The van der Waals surface area contributed by atoms with Crippen molar-refractivity contribution < 1.29 is 4.79 Å². The van der Waals surface area contributed by atoms with Crippen molar-refractivity contribution >= 4 is 29.2 Å². The first-order valence-corrected chi connectivity index (χ1v) is 11.5. The molecule has 0 atom stereocenters. The molecule has 2 heterocycles. The molecule has 170 valence electrons. The Balaban J connectivity index is 1.85. The average Bonchev–Trinajstić information content (AvgIpc) is 3.23. The van der Waals surface area contributed by atoms with Crippen LogP contribution in [0.1, 0.15) is 32.3 Å². The molecule has 9 nitrogen and oxygen atoms in total. The van der Waals surface area contributed by atoms with Crippen molar-refractivity contribution in [2.45, 2.75) is 45.3 Å². The molecule has 0 bridgehead atoms. The number of rotatable bonds is 9. The van der Waals surface area contributed by atoms with Gasteiger partial charge in [-0.25, -0.2) is 9.78 Å². The molecule has 0 saturated carbocycles. The fourth-order valence-electron chi connectivity index (χ4n) is 3.45. The highest BCUT2D eigenvalue weighted by atomic mass is 32.2. The van der Waals surface area contributed by atoms with Gasteiger partial charge >= 0.3 is 5.69 Å². The quantitative estimate of drug-likeness (QED) is 0.478. The van der Waals surface area contributed by atoms with Gasteiger partial charge in [-0.1, -0.05) is 43.3 Å². The van der Waals surface area contributed by atoms with Crippen molar-refractivity contribution in [2.75, 3.05) is 22.9 Å². The molecule has 0 aliphatic rings. The van der Waals surface area contributed by atoms with Gasteiger partial charge in [0.25, 0.3) is 5.56 Å². The summed E-state index contributed by atoms with van der Waals surface area (Å²) in [6.45, 7) is 6.38. The van der Waals surface area contributed by atoms with Crippen molar-refractivity contribution in [3.05, 3.63) is 63.1 Å². The number of carbonyl (C=O) groups is 1. The zero-order chi connectivity index (χ0) is 23.3. The van der Waals surface area contributed by atoms with Gasteiger partial charge in [-0.2, -0.15) is 0 Å². The fraction of sp³-hybridized carbons (Fsp3) is 0.364. The van der Waals surface area contributed by atoms with Crippen LogP contribution in [0.2, 0.25) is 0 Å². The minimum atomic E-state index is -0.665. The lowest BCUT2D eigenvalue weighted by atomic mass is 10.2. The number of thioether (sulfide) groups is 1. The van der Waals surface area contributed by atoms with Crippen molar-refractivity contribution in [3.63, 3.8) is 0 Å². The number of para-hydroxylation sites is 1. The molecule has 2 aromatic heterocycles.